The van der Waals surface area contributed by atoms with Gasteiger partial charge in [-0.1, -0.05) is 29.3 Å². The summed E-state index contributed by atoms with van der Waals surface area (Å²) >= 11 is 13.3. The Kier molecular flexibility index (Phi) is 5.57. The van der Waals surface area contributed by atoms with Crippen LogP contribution >= 0.6 is 35.0 Å². The molecule has 0 saturated heterocycles. The molecular weight excluding hydrogens is 359 g/mol. The highest BCUT2D eigenvalue weighted by molar-refractivity contribution is 7.98. The second kappa shape index (κ2) is 7.25. The van der Waals surface area contributed by atoms with Crippen molar-refractivity contribution in [1.82, 2.24) is 0 Å². The zero-order chi connectivity index (χ0) is 17.1. The molecule has 0 unspecified atom stereocenters. The molecule has 0 saturated carbocycles. The average molecular weight is 371 g/mol. The van der Waals surface area contributed by atoms with Crippen LogP contribution in [0.4, 0.5) is 0 Å². The second-order valence-electron chi connectivity index (χ2n) is 4.79. The lowest BCUT2D eigenvalue weighted by Gasteiger charge is -2.12. The molecule has 23 heavy (non-hydrogen) atoms. The molecule has 0 atom stereocenters. The minimum Gasteiger partial charge on any atom is -0.478 e. The Morgan fingerprint density at radius 2 is 1.52 bits per heavy atom. The van der Waals surface area contributed by atoms with Gasteiger partial charge in [-0.2, -0.15) is 0 Å². The summed E-state index contributed by atoms with van der Waals surface area (Å²) in [6.07, 6.45) is 0. The lowest BCUT2D eigenvalue weighted by Crippen LogP contribution is -2.07. The fourth-order valence-corrected chi connectivity index (χ4v) is 3.95. The molecule has 0 amide bonds. The highest BCUT2D eigenvalue weighted by Crippen LogP contribution is 2.35. The molecule has 0 radical (unpaired) electrons. The van der Waals surface area contributed by atoms with Crippen LogP contribution < -0.4 is 0 Å². The van der Waals surface area contributed by atoms with Gasteiger partial charge in [-0.05, 0) is 42.3 Å². The number of thioether (sulfide) groups is 1. The highest BCUT2D eigenvalue weighted by Gasteiger charge is 2.20. The van der Waals surface area contributed by atoms with Crippen LogP contribution in [0.25, 0.3) is 0 Å². The number of carboxylic acid groups (broad SMARTS) is 2. The molecule has 120 valence electrons. The highest BCUT2D eigenvalue weighted by atomic mass is 35.5. The van der Waals surface area contributed by atoms with Gasteiger partial charge in [0.2, 0.25) is 0 Å². The molecule has 4 nitrogen and oxygen atoms in total. The van der Waals surface area contributed by atoms with Gasteiger partial charge < -0.3 is 10.2 Å². The number of hydrogen-bond donors (Lipinski definition) is 2. The van der Waals surface area contributed by atoms with E-state index in [0.717, 1.165) is 11.8 Å². The number of carboxylic acids is 2. The predicted molar refractivity (Wildman–Crippen MR) is 91.1 cm³/mol. The Bertz CT molecular complexity index is 734. The molecule has 0 bridgehead atoms. The Balaban J connectivity index is 2.46. The first-order valence-corrected chi connectivity index (χ1v) is 8.22. The summed E-state index contributed by atoms with van der Waals surface area (Å²) in [4.78, 5) is 23.1. The third-order valence-corrected chi connectivity index (χ3v) is 4.99. The van der Waals surface area contributed by atoms with E-state index in [1.165, 1.54) is 12.1 Å². The molecule has 0 heterocycles. The number of rotatable bonds is 5. The molecule has 0 aliphatic carbocycles. The third kappa shape index (κ3) is 3.99. The van der Waals surface area contributed by atoms with E-state index in [1.54, 1.807) is 25.1 Å². The van der Waals surface area contributed by atoms with Crippen molar-refractivity contribution in [3.8, 4) is 0 Å². The largest absolute Gasteiger partial charge is 0.478 e. The lowest BCUT2D eigenvalue weighted by atomic mass is 10.1. The first-order valence-electron chi connectivity index (χ1n) is 6.48. The Morgan fingerprint density at radius 1 is 1.04 bits per heavy atom. The molecule has 0 fully saturated rings. The summed E-state index contributed by atoms with van der Waals surface area (Å²) in [5.41, 5.74) is 1.11. The molecule has 2 aromatic rings. The van der Waals surface area contributed by atoms with Crippen LogP contribution in [0, 0.1) is 6.92 Å². The van der Waals surface area contributed by atoms with Crippen molar-refractivity contribution in [3.63, 3.8) is 0 Å². The van der Waals surface area contributed by atoms with Crippen LogP contribution in [0.3, 0.4) is 0 Å². The molecule has 2 N–H and O–H groups in total. The van der Waals surface area contributed by atoms with Crippen molar-refractivity contribution < 1.29 is 19.8 Å². The van der Waals surface area contributed by atoms with Crippen molar-refractivity contribution in [2.45, 2.75) is 17.6 Å². The minimum absolute atomic E-state index is 0.0458. The molecule has 0 aliphatic rings. The van der Waals surface area contributed by atoms with Crippen LogP contribution in [-0.4, -0.2) is 22.2 Å². The lowest BCUT2D eigenvalue weighted by molar-refractivity contribution is 0.0690. The number of carbonyl (C=O) groups is 2. The zero-order valence-corrected chi connectivity index (χ0v) is 14.3. The summed E-state index contributed by atoms with van der Waals surface area (Å²) in [6.45, 7) is 1.65. The number of hydrogen-bond acceptors (Lipinski definition) is 3. The van der Waals surface area contributed by atoms with Gasteiger partial charge in [0, 0.05) is 20.7 Å². The van der Waals surface area contributed by atoms with Gasteiger partial charge in [0.25, 0.3) is 0 Å². The van der Waals surface area contributed by atoms with Crippen molar-refractivity contribution in [3.05, 3.63) is 62.6 Å². The van der Waals surface area contributed by atoms with E-state index in [9.17, 15) is 19.8 Å². The van der Waals surface area contributed by atoms with Crippen molar-refractivity contribution >= 4 is 46.9 Å². The molecule has 0 spiro atoms. The molecule has 7 heteroatoms. The average Bonchev–Trinajstić information content (AvgIpc) is 2.46. The molecule has 0 aromatic heterocycles. The van der Waals surface area contributed by atoms with Gasteiger partial charge >= 0.3 is 11.9 Å². The van der Waals surface area contributed by atoms with Crippen LogP contribution in [0.5, 0.6) is 0 Å². The summed E-state index contributed by atoms with van der Waals surface area (Å²) in [6, 6.07) is 7.95. The maximum absolute atomic E-state index is 11.4. The monoisotopic (exact) mass is 370 g/mol. The SMILES string of the molecule is Cc1cc(C(=O)O)c(SCc2c(Cl)cccc2Cl)c(C(=O)O)c1. The van der Waals surface area contributed by atoms with E-state index < -0.39 is 11.9 Å². The van der Waals surface area contributed by atoms with E-state index >= 15 is 0 Å². The summed E-state index contributed by atoms with van der Waals surface area (Å²) in [5, 5.41) is 19.6. The van der Waals surface area contributed by atoms with Crippen LogP contribution in [0.15, 0.2) is 35.2 Å². The van der Waals surface area contributed by atoms with E-state index in [-0.39, 0.29) is 21.8 Å². The normalized spacial score (nSPS) is 10.6. The third-order valence-electron chi connectivity index (χ3n) is 3.12. The van der Waals surface area contributed by atoms with E-state index in [1.807, 2.05) is 0 Å². The van der Waals surface area contributed by atoms with E-state index in [4.69, 9.17) is 23.2 Å². The molecular formula is C16H12Cl2O4S. The van der Waals surface area contributed by atoms with Gasteiger partial charge in [-0.3, -0.25) is 0 Å². The fourth-order valence-electron chi connectivity index (χ4n) is 2.06. The minimum atomic E-state index is -1.18. The van der Waals surface area contributed by atoms with Crippen LogP contribution in [-0.2, 0) is 5.75 Å². The number of aromatic carboxylic acids is 2. The maximum atomic E-state index is 11.4. The summed E-state index contributed by atoms with van der Waals surface area (Å²) in [7, 11) is 0. The zero-order valence-electron chi connectivity index (χ0n) is 12.0. The van der Waals surface area contributed by atoms with E-state index in [2.05, 4.69) is 0 Å². The number of aryl methyl sites for hydroxylation is 1. The smallest absolute Gasteiger partial charge is 0.336 e. The maximum Gasteiger partial charge on any atom is 0.336 e. The summed E-state index contributed by atoms with van der Waals surface area (Å²) in [5.74, 6) is -2.09. The quantitative estimate of drug-likeness (QED) is 0.725. The fraction of sp³-hybridized carbons (Fsp3) is 0.125. The van der Waals surface area contributed by atoms with Crippen LogP contribution in [0.1, 0.15) is 31.8 Å². The van der Waals surface area contributed by atoms with Gasteiger partial charge in [0.1, 0.15) is 0 Å². The number of benzene rings is 2. The molecule has 2 rings (SSSR count). The van der Waals surface area contributed by atoms with Crippen molar-refractivity contribution in [2.24, 2.45) is 0 Å². The predicted octanol–water partition coefficient (Wildman–Crippen LogP) is 4.99. The molecule has 0 aliphatic heterocycles. The van der Waals surface area contributed by atoms with Gasteiger partial charge in [-0.25, -0.2) is 9.59 Å². The Labute approximate surface area is 147 Å². The Hall–Kier alpha value is -1.69. The first-order chi connectivity index (χ1) is 10.8. The van der Waals surface area contributed by atoms with Crippen molar-refractivity contribution in [2.75, 3.05) is 0 Å². The second-order valence-corrected chi connectivity index (χ2v) is 6.59. The van der Waals surface area contributed by atoms with Gasteiger partial charge in [0.05, 0.1) is 11.1 Å². The van der Waals surface area contributed by atoms with Crippen LogP contribution in [0.2, 0.25) is 10.0 Å². The van der Waals surface area contributed by atoms with Gasteiger partial charge in [-0.15, -0.1) is 11.8 Å². The van der Waals surface area contributed by atoms with E-state index in [0.29, 0.717) is 21.2 Å². The first kappa shape index (κ1) is 17.7. The van der Waals surface area contributed by atoms with Crippen molar-refractivity contribution in [1.29, 1.82) is 0 Å². The topological polar surface area (TPSA) is 74.6 Å². The Morgan fingerprint density at radius 3 is 1.96 bits per heavy atom. The van der Waals surface area contributed by atoms with Gasteiger partial charge in [0.15, 0.2) is 0 Å². The number of halogens is 2. The standard InChI is InChI=1S/C16H12Cl2O4S/c1-8-5-9(15(19)20)14(10(6-8)16(21)22)23-7-11-12(17)3-2-4-13(11)18/h2-6H,7H2,1H3,(H,19,20)(H,21,22). The summed E-state index contributed by atoms with van der Waals surface area (Å²) < 4.78 is 0. The molecule has 2 aromatic carbocycles.